The molecular weight excluding hydrogens is 268 g/mol. The summed E-state index contributed by atoms with van der Waals surface area (Å²) in [5.41, 5.74) is 0.835. The predicted octanol–water partition coefficient (Wildman–Crippen LogP) is 2.87. The highest BCUT2D eigenvalue weighted by Gasteiger charge is 2.42. The van der Waals surface area contributed by atoms with Gasteiger partial charge in [-0.15, -0.1) is 0 Å². The van der Waals surface area contributed by atoms with Crippen molar-refractivity contribution in [2.75, 3.05) is 0 Å². The van der Waals surface area contributed by atoms with Gasteiger partial charge in [0.25, 0.3) is 0 Å². The third-order valence-corrected chi connectivity index (χ3v) is 4.24. The zero-order valence-corrected chi connectivity index (χ0v) is 12.1. The highest BCUT2D eigenvalue weighted by molar-refractivity contribution is 5.87. The lowest BCUT2D eigenvalue weighted by Gasteiger charge is -2.33. The molecule has 3 rings (SSSR count). The van der Waals surface area contributed by atoms with E-state index >= 15 is 0 Å². The number of furan rings is 2. The highest BCUT2D eigenvalue weighted by Crippen LogP contribution is 2.32. The molecule has 5 nitrogen and oxygen atoms in total. The van der Waals surface area contributed by atoms with Gasteiger partial charge in [-0.25, -0.2) is 0 Å². The second-order valence-electron chi connectivity index (χ2n) is 5.55. The number of oxime groups is 1. The molecule has 0 aromatic carbocycles. The quantitative estimate of drug-likeness (QED) is 0.671. The molecule has 0 radical (unpaired) electrons. The third-order valence-electron chi connectivity index (χ3n) is 4.24. The van der Waals surface area contributed by atoms with Crippen LogP contribution in [0.4, 0.5) is 0 Å². The summed E-state index contributed by atoms with van der Waals surface area (Å²) in [5.74, 6) is 2.02. The van der Waals surface area contributed by atoms with Gasteiger partial charge in [0.15, 0.2) is 23.6 Å². The van der Waals surface area contributed by atoms with E-state index in [0.29, 0.717) is 6.42 Å². The lowest BCUT2D eigenvalue weighted by molar-refractivity contribution is -0.745. The van der Waals surface area contributed by atoms with Crippen molar-refractivity contribution in [3.05, 3.63) is 48.3 Å². The number of nitrogens with zero attached hydrogens (tertiary/aromatic N) is 1. The Morgan fingerprint density at radius 2 is 1.95 bits per heavy atom. The van der Waals surface area contributed by atoms with Crippen LogP contribution in [0, 0.1) is 5.92 Å². The van der Waals surface area contributed by atoms with Crippen LogP contribution in [-0.4, -0.2) is 10.9 Å². The Kier molecular flexibility index (Phi) is 4.10. The second kappa shape index (κ2) is 6.18. The summed E-state index contributed by atoms with van der Waals surface area (Å²) in [4.78, 5) is 0. The molecule has 0 spiro atoms. The van der Waals surface area contributed by atoms with Crippen molar-refractivity contribution in [3.63, 3.8) is 0 Å². The van der Waals surface area contributed by atoms with Gasteiger partial charge in [-0.05, 0) is 30.7 Å². The van der Waals surface area contributed by atoms with Crippen molar-refractivity contribution in [1.29, 1.82) is 0 Å². The summed E-state index contributed by atoms with van der Waals surface area (Å²) in [6.45, 7) is 2.15. The van der Waals surface area contributed by atoms with Gasteiger partial charge in [-0.3, -0.25) is 0 Å². The molecule has 5 heteroatoms. The van der Waals surface area contributed by atoms with Crippen LogP contribution < -0.4 is 5.32 Å². The average molecular weight is 289 g/mol. The number of hydrogen-bond acceptors (Lipinski definition) is 4. The largest absolute Gasteiger partial charge is 0.463 e. The van der Waals surface area contributed by atoms with Gasteiger partial charge in [0.2, 0.25) is 0 Å². The van der Waals surface area contributed by atoms with Crippen LogP contribution in [0.25, 0.3) is 0 Å². The van der Waals surface area contributed by atoms with Crippen molar-refractivity contribution < 1.29 is 19.4 Å². The van der Waals surface area contributed by atoms with E-state index < -0.39 is 0 Å². The van der Waals surface area contributed by atoms with Gasteiger partial charge >= 0.3 is 0 Å². The van der Waals surface area contributed by atoms with Crippen LogP contribution in [0.2, 0.25) is 0 Å². The first-order valence-corrected chi connectivity index (χ1v) is 7.46. The SMILES string of the molecule is CCC[C@H]1/C(=N/O)C[C@@H](c2ccco2)[NH2+][C@@H]1c1ccco1. The summed E-state index contributed by atoms with van der Waals surface area (Å²) in [6, 6.07) is 7.99. The number of hydrogen-bond donors (Lipinski definition) is 2. The Hall–Kier alpha value is -2.01. The lowest BCUT2D eigenvalue weighted by Crippen LogP contribution is -2.90. The number of rotatable bonds is 4. The number of nitrogens with two attached hydrogens (primary N) is 1. The molecule has 1 fully saturated rings. The summed E-state index contributed by atoms with van der Waals surface area (Å²) in [5, 5.41) is 15.3. The minimum atomic E-state index is 0.120. The van der Waals surface area contributed by atoms with Crippen LogP contribution in [0.3, 0.4) is 0 Å². The maximum Gasteiger partial charge on any atom is 0.161 e. The van der Waals surface area contributed by atoms with E-state index in [1.807, 2.05) is 24.3 Å². The van der Waals surface area contributed by atoms with Gasteiger partial charge in [0.05, 0.1) is 24.2 Å². The Balaban J connectivity index is 1.92. The molecule has 0 aliphatic carbocycles. The molecule has 0 amide bonds. The van der Waals surface area contributed by atoms with E-state index in [1.165, 1.54) is 0 Å². The van der Waals surface area contributed by atoms with Gasteiger partial charge in [0, 0.05) is 6.42 Å². The molecule has 1 saturated heterocycles. The summed E-state index contributed by atoms with van der Waals surface area (Å²) >= 11 is 0. The Bertz CT molecular complexity index is 575. The van der Waals surface area contributed by atoms with E-state index in [4.69, 9.17) is 8.83 Å². The Morgan fingerprint density at radius 1 is 1.24 bits per heavy atom. The molecule has 1 aliphatic heterocycles. The van der Waals surface area contributed by atoms with Crippen molar-refractivity contribution >= 4 is 5.71 Å². The smallest absolute Gasteiger partial charge is 0.161 e. The molecule has 0 saturated carbocycles. The monoisotopic (exact) mass is 289 g/mol. The van der Waals surface area contributed by atoms with Gasteiger partial charge in [0.1, 0.15) is 0 Å². The molecule has 0 bridgehead atoms. The van der Waals surface area contributed by atoms with Crippen molar-refractivity contribution in [1.82, 2.24) is 0 Å². The molecule has 2 aromatic rings. The van der Waals surface area contributed by atoms with Gasteiger partial charge < -0.3 is 19.4 Å². The Morgan fingerprint density at radius 3 is 2.52 bits per heavy atom. The standard InChI is InChI=1S/C16H20N2O3/c1-2-5-11-12(18-19)10-13(14-6-3-8-20-14)17-16(11)15-7-4-9-21-15/h3-4,6-9,11,13,16-17,19H,2,5,10H2,1H3/p+1/b18-12+/t11-,13-,16-/m0/s1. The Labute approximate surface area is 123 Å². The van der Waals surface area contributed by atoms with Crippen LogP contribution >= 0.6 is 0 Å². The fourth-order valence-corrected chi connectivity index (χ4v) is 3.28. The van der Waals surface area contributed by atoms with Crippen LogP contribution in [0.5, 0.6) is 0 Å². The molecule has 3 atom stereocenters. The zero-order valence-electron chi connectivity index (χ0n) is 12.1. The van der Waals surface area contributed by atoms with Crippen LogP contribution in [0.15, 0.2) is 50.8 Å². The maximum absolute atomic E-state index is 9.43. The number of quaternary nitrogens is 1. The minimum Gasteiger partial charge on any atom is -0.463 e. The van der Waals surface area contributed by atoms with E-state index in [9.17, 15) is 5.21 Å². The summed E-state index contributed by atoms with van der Waals surface area (Å²) < 4.78 is 11.1. The van der Waals surface area contributed by atoms with E-state index in [-0.39, 0.29) is 18.0 Å². The van der Waals surface area contributed by atoms with Crippen LogP contribution in [-0.2, 0) is 0 Å². The fourth-order valence-electron chi connectivity index (χ4n) is 3.28. The van der Waals surface area contributed by atoms with Gasteiger partial charge in [-0.2, -0.15) is 0 Å². The highest BCUT2D eigenvalue weighted by atomic mass is 16.4. The fraction of sp³-hybridized carbons (Fsp3) is 0.438. The normalized spacial score (nSPS) is 28.0. The summed E-state index contributed by atoms with van der Waals surface area (Å²) in [7, 11) is 0. The average Bonchev–Trinajstić information content (AvgIpc) is 3.21. The van der Waals surface area contributed by atoms with E-state index in [2.05, 4.69) is 17.4 Å². The molecule has 3 heterocycles. The minimum absolute atomic E-state index is 0.120. The molecule has 112 valence electrons. The maximum atomic E-state index is 9.43. The first-order valence-electron chi connectivity index (χ1n) is 7.46. The molecule has 21 heavy (non-hydrogen) atoms. The lowest BCUT2D eigenvalue weighted by atomic mass is 9.81. The molecule has 0 unspecified atom stereocenters. The molecule has 1 aliphatic rings. The van der Waals surface area contributed by atoms with Crippen LogP contribution in [0.1, 0.15) is 49.8 Å². The predicted molar refractivity (Wildman–Crippen MR) is 77.1 cm³/mol. The van der Waals surface area contributed by atoms with Crippen molar-refractivity contribution in [2.24, 2.45) is 11.1 Å². The molecular formula is C16H21N2O3+. The first-order chi connectivity index (χ1) is 10.3. The van der Waals surface area contributed by atoms with Crippen molar-refractivity contribution in [3.8, 4) is 0 Å². The molecule has 3 N–H and O–H groups in total. The zero-order chi connectivity index (χ0) is 14.7. The van der Waals surface area contributed by atoms with E-state index in [1.54, 1.807) is 12.5 Å². The van der Waals surface area contributed by atoms with Crippen molar-refractivity contribution in [2.45, 2.75) is 38.3 Å². The first kappa shape index (κ1) is 13.9. The van der Waals surface area contributed by atoms with E-state index in [0.717, 1.165) is 30.1 Å². The topological polar surface area (TPSA) is 75.5 Å². The molecule has 2 aromatic heterocycles. The van der Waals surface area contributed by atoms with Gasteiger partial charge in [-0.1, -0.05) is 18.5 Å². The third kappa shape index (κ3) is 2.74. The second-order valence-corrected chi connectivity index (χ2v) is 5.55. The summed E-state index contributed by atoms with van der Waals surface area (Å²) in [6.07, 6.45) is 6.09. The number of piperidine rings is 1.